The molecule has 1 saturated heterocycles. The molecular formula is C39H62N4O8. The molecule has 4 atom stereocenters. The van der Waals surface area contributed by atoms with Crippen LogP contribution in [0.15, 0.2) is 18.2 Å². The van der Waals surface area contributed by atoms with Crippen molar-refractivity contribution in [2.45, 2.75) is 111 Å². The zero-order valence-electron chi connectivity index (χ0n) is 32.6. The van der Waals surface area contributed by atoms with Gasteiger partial charge in [0.1, 0.15) is 11.4 Å². The van der Waals surface area contributed by atoms with Crippen molar-refractivity contribution in [3.05, 3.63) is 18.2 Å². The number of carbonyl (C=O) groups excluding carboxylic acids is 4. The Morgan fingerprint density at radius 3 is 2.39 bits per heavy atom. The predicted octanol–water partition coefficient (Wildman–Crippen LogP) is 5.45. The lowest BCUT2D eigenvalue weighted by molar-refractivity contribution is -0.132. The van der Waals surface area contributed by atoms with Gasteiger partial charge in [0.2, 0.25) is 5.91 Å². The highest BCUT2D eigenvalue weighted by Crippen LogP contribution is 2.43. The van der Waals surface area contributed by atoms with Crippen molar-refractivity contribution in [1.82, 2.24) is 10.2 Å². The molecule has 1 saturated carbocycles. The van der Waals surface area contributed by atoms with Crippen molar-refractivity contribution >= 4 is 35.1 Å². The third-order valence-corrected chi connectivity index (χ3v) is 10.0. The number of Topliss-reactive ketones (excluding diaryl/α,β-unsaturated/α-hetero) is 1. The Balaban J connectivity index is 1.59. The minimum atomic E-state index is -1.03. The lowest BCUT2D eigenvalue weighted by Crippen LogP contribution is -2.54. The monoisotopic (exact) mass is 714 g/mol. The highest BCUT2D eigenvalue weighted by Gasteiger charge is 2.45. The standard InChI is InChI=1S/C39H62N4O8/c1-11-49-24-31(25(2)3)26(4)40-21-33(44)27-19-28(23-41(22-27)37(47)51-38(5,6)7)35(45)43(29-13-14-29)30-15-16-34-32(20-30)42(17-12-18-48-10)36(46)39(8,9)50-34/h15-16,20,25-29,31,40H,11-14,17-19,21-24H2,1-10H3/t26-,27+,28-,31?/m1/s1. The van der Waals surface area contributed by atoms with Gasteiger partial charge in [0.05, 0.1) is 24.8 Å². The van der Waals surface area contributed by atoms with E-state index in [0.29, 0.717) is 62.2 Å². The van der Waals surface area contributed by atoms with Gasteiger partial charge < -0.3 is 39.0 Å². The first-order valence-corrected chi connectivity index (χ1v) is 18.8. The highest BCUT2D eigenvalue weighted by molar-refractivity contribution is 6.04. The normalized spacial score (nSPS) is 21.5. The molecule has 1 N–H and O–H groups in total. The van der Waals surface area contributed by atoms with Gasteiger partial charge in [0.15, 0.2) is 11.4 Å². The van der Waals surface area contributed by atoms with Crippen LogP contribution in [0, 0.1) is 23.7 Å². The maximum Gasteiger partial charge on any atom is 0.410 e. The molecule has 3 aliphatic rings. The number of fused-ring (bicyclic) bond motifs is 1. The Kier molecular flexibility index (Phi) is 13.6. The van der Waals surface area contributed by atoms with Crippen LogP contribution >= 0.6 is 0 Å². The molecule has 12 heteroatoms. The number of amides is 3. The molecule has 1 unspecified atom stereocenters. The van der Waals surface area contributed by atoms with E-state index >= 15 is 0 Å². The third kappa shape index (κ3) is 10.4. The van der Waals surface area contributed by atoms with Gasteiger partial charge in [0, 0.05) is 63.6 Å². The number of nitrogens with one attached hydrogen (secondary N) is 1. The smallest absolute Gasteiger partial charge is 0.410 e. The van der Waals surface area contributed by atoms with Crippen molar-refractivity contribution in [2.24, 2.45) is 23.7 Å². The van der Waals surface area contributed by atoms with Gasteiger partial charge in [-0.2, -0.15) is 0 Å². The molecule has 0 aromatic heterocycles. The molecule has 12 nitrogen and oxygen atoms in total. The molecule has 1 aromatic carbocycles. The van der Waals surface area contributed by atoms with Crippen LogP contribution in [0.25, 0.3) is 0 Å². The molecule has 51 heavy (non-hydrogen) atoms. The Bertz CT molecular complexity index is 1390. The van der Waals surface area contributed by atoms with Crippen LogP contribution < -0.4 is 19.9 Å². The maximum atomic E-state index is 14.6. The van der Waals surface area contributed by atoms with E-state index in [2.05, 4.69) is 26.1 Å². The molecular weight excluding hydrogens is 652 g/mol. The van der Waals surface area contributed by atoms with Gasteiger partial charge in [-0.1, -0.05) is 13.8 Å². The Morgan fingerprint density at radius 1 is 1.10 bits per heavy atom. The summed E-state index contributed by atoms with van der Waals surface area (Å²) in [5, 5.41) is 3.42. The second-order valence-corrected chi connectivity index (χ2v) is 16.2. The van der Waals surface area contributed by atoms with Crippen LogP contribution in [0.4, 0.5) is 16.2 Å². The van der Waals surface area contributed by atoms with Crippen molar-refractivity contribution in [3.8, 4) is 5.75 Å². The molecule has 2 heterocycles. The van der Waals surface area contributed by atoms with E-state index in [1.54, 1.807) is 46.6 Å². The number of anilines is 2. The number of hydrogen-bond donors (Lipinski definition) is 1. The Hall–Kier alpha value is -3.22. The van der Waals surface area contributed by atoms with E-state index < -0.39 is 29.1 Å². The van der Waals surface area contributed by atoms with E-state index in [4.69, 9.17) is 18.9 Å². The van der Waals surface area contributed by atoms with Gasteiger partial charge in [-0.05, 0) is 104 Å². The number of piperidine rings is 1. The third-order valence-electron chi connectivity index (χ3n) is 10.0. The van der Waals surface area contributed by atoms with Crippen LogP contribution in [0.1, 0.15) is 88.0 Å². The molecule has 1 aliphatic carbocycles. The SMILES string of the molecule is CCOCC(C(C)C)[C@@H](C)NCC(=O)[C@H]1C[C@@H](C(=O)N(c2ccc3c(c2)N(CCCOC)C(=O)C(C)(C)O3)C2CC2)CN(C(=O)OC(C)(C)C)C1. The second-order valence-electron chi connectivity index (χ2n) is 16.2. The van der Waals surface area contributed by atoms with Gasteiger partial charge in [-0.25, -0.2) is 4.79 Å². The molecule has 1 aromatic rings. The minimum Gasteiger partial charge on any atom is -0.476 e. The molecule has 0 spiro atoms. The minimum absolute atomic E-state index is 0.0129. The fraction of sp³-hybridized carbons (Fsp3) is 0.744. The molecule has 286 valence electrons. The van der Waals surface area contributed by atoms with Gasteiger partial charge in [-0.15, -0.1) is 0 Å². The highest BCUT2D eigenvalue weighted by atomic mass is 16.6. The van der Waals surface area contributed by atoms with E-state index in [0.717, 1.165) is 12.8 Å². The van der Waals surface area contributed by atoms with Gasteiger partial charge in [-0.3, -0.25) is 14.4 Å². The fourth-order valence-electron chi connectivity index (χ4n) is 7.05. The summed E-state index contributed by atoms with van der Waals surface area (Å²) in [5.74, 6) is -0.342. The molecule has 4 rings (SSSR count). The first-order chi connectivity index (χ1) is 24.0. The Labute approximate surface area is 304 Å². The quantitative estimate of drug-likeness (QED) is 0.223. The molecule has 2 aliphatic heterocycles. The fourth-order valence-corrected chi connectivity index (χ4v) is 7.05. The second kappa shape index (κ2) is 17.1. The number of likely N-dealkylation sites (tertiary alicyclic amines) is 1. The summed E-state index contributed by atoms with van der Waals surface area (Å²) in [6, 6.07) is 5.58. The number of hydrogen-bond acceptors (Lipinski definition) is 9. The number of nitrogens with zero attached hydrogens (tertiary/aromatic N) is 3. The first kappa shape index (κ1) is 40.5. The summed E-state index contributed by atoms with van der Waals surface area (Å²) < 4.78 is 22.8. The van der Waals surface area contributed by atoms with E-state index in [1.807, 2.05) is 30.0 Å². The van der Waals surface area contributed by atoms with Crippen molar-refractivity contribution in [3.63, 3.8) is 0 Å². The van der Waals surface area contributed by atoms with E-state index in [1.165, 1.54) is 4.90 Å². The number of ether oxygens (including phenoxy) is 4. The average molecular weight is 715 g/mol. The van der Waals surface area contributed by atoms with Gasteiger partial charge >= 0.3 is 6.09 Å². The largest absolute Gasteiger partial charge is 0.476 e. The van der Waals surface area contributed by atoms with Crippen molar-refractivity contribution < 1.29 is 38.1 Å². The molecule has 2 fully saturated rings. The van der Waals surface area contributed by atoms with Gasteiger partial charge in [0.25, 0.3) is 5.91 Å². The number of ketones is 1. The zero-order valence-corrected chi connectivity index (χ0v) is 32.6. The number of carbonyl (C=O) groups is 4. The van der Waals surface area contributed by atoms with Crippen LogP contribution in [-0.2, 0) is 28.6 Å². The predicted molar refractivity (Wildman–Crippen MR) is 197 cm³/mol. The van der Waals surface area contributed by atoms with Crippen molar-refractivity contribution in [2.75, 3.05) is 62.9 Å². The number of benzene rings is 1. The van der Waals surface area contributed by atoms with Crippen LogP contribution in [0.5, 0.6) is 5.75 Å². The van der Waals surface area contributed by atoms with Crippen LogP contribution in [0.3, 0.4) is 0 Å². The maximum absolute atomic E-state index is 14.6. The molecule has 0 bridgehead atoms. The summed E-state index contributed by atoms with van der Waals surface area (Å²) >= 11 is 0. The van der Waals surface area contributed by atoms with Crippen LogP contribution in [-0.4, -0.2) is 105 Å². The lowest BCUT2D eigenvalue weighted by Gasteiger charge is -2.40. The number of methoxy groups -OCH3 is 1. The lowest BCUT2D eigenvalue weighted by atomic mass is 9.85. The molecule has 0 radical (unpaired) electrons. The summed E-state index contributed by atoms with van der Waals surface area (Å²) in [7, 11) is 1.63. The first-order valence-electron chi connectivity index (χ1n) is 18.8. The van der Waals surface area contributed by atoms with E-state index in [-0.39, 0.29) is 55.2 Å². The van der Waals surface area contributed by atoms with Crippen LogP contribution in [0.2, 0.25) is 0 Å². The summed E-state index contributed by atoms with van der Waals surface area (Å²) in [5.41, 5.74) is -0.490. The summed E-state index contributed by atoms with van der Waals surface area (Å²) in [6.45, 7) is 19.9. The average Bonchev–Trinajstić information content (AvgIpc) is 3.90. The summed E-state index contributed by atoms with van der Waals surface area (Å²) in [4.78, 5) is 60.5. The summed E-state index contributed by atoms with van der Waals surface area (Å²) in [6.07, 6.45) is 2.12. The molecule has 3 amide bonds. The van der Waals surface area contributed by atoms with Crippen molar-refractivity contribution in [1.29, 1.82) is 0 Å². The topological polar surface area (TPSA) is 127 Å². The zero-order chi connectivity index (χ0) is 37.7. The van der Waals surface area contributed by atoms with E-state index in [9.17, 15) is 19.2 Å². The Morgan fingerprint density at radius 2 is 1.78 bits per heavy atom. The number of rotatable bonds is 16.